The minimum atomic E-state index is -4.61. The highest BCUT2D eigenvalue weighted by Crippen LogP contribution is 2.30. The zero-order chi connectivity index (χ0) is 14.7. The van der Waals surface area contributed by atoms with Crippen molar-refractivity contribution in [2.45, 2.75) is 17.5 Å². The van der Waals surface area contributed by atoms with Gasteiger partial charge in [0.25, 0.3) is 0 Å². The van der Waals surface area contributed by atoms with E-state index in [-0.39, 0.29) is 18.8 Å². The Hall–Kier alpha value is -1.61. The van der Waals surface area contributed by atoms with E-state index in [4.69, 9.17) is 11.1 Å². The van der Waals surface area contributed by atoms with Gasteiger partial charge in [-0.15, -0.1) is 0 Å². The van der Waals surface area contributed by atoms with Crippen molar-refractivity contribution < 1.29 is 21.6 Å². The first-order chi connectivity index (χ1) is 8.63. The average Bonchev–Trinajstić information content (AvgIpc) is 2.27. The summed E-state index contributed by atoms with van der Waals surface area (Å²) in [5.74, 6) is -0.216. The quantitative estimate of drug-likeness (QED) is 0.564. The fraction of sp³-hybridized carbons (Fsp3) is 0.300. The monoisotopic (exact) mass is 295 g/mol. The maximum Gasteiger partial charge on any atom is 0.416 e. The molecule has 1 aromatic rings. The van der Waals surface area contributed by atoms with Gasteiger partial charge in [0, 0.05) is 13.0 Å². The van der Waals surface area contributed by atoms with Crippen LogP contribution in [-0.4, -0.2) is 20.8 Å². The molecule has 0 atom stereocenters. The molecule has 0 bridgehead atoms. The SMILES string of the molecule is N=C(N)CCNS(=O)(=O)c1cccc(C(F)(F)F)c1. The first-order valence-corrected chi connectivity index (χ1v) is 6.61. The number of rotatable bonds is 5. The van der Waals surface area contributed by atoms with Gasteiger partial charge in [0.2, 0.25) is 10.0 Å². The van der Waals surface area contributed by atoms with E-state index in [2.05, 4.69) is 4.72 Å². The van der Waals surface area contributed by atoms with Gasteiger partial charge < -0.3 is 5.73 Å². The summed E-state index contributed by atoms with van der Waals surface area (Å²) < 4.78 is 62.8. The highest BCUT2D eigenvalue weighted by molar-refractivity contribution is 7.89. The van der Waals surface area contributed by atoms with Crippen LogP contribution in [0.2, 0.25) is 0 Å². The molecule has 0 aromatic heterocycles. The predicted octanol–water partition coefficient (Wildman–Crippen LogP) is 1.31. The van der Waals surface area contributed by atoms with Gasteiger partial charge in [0.05, 0.1) is 16.3 Å². The van der Waals surface area contributed by atoms with Gasteiger partial charge in [0.1, 0.15) is 0 Å². The van der Waals surface area contributed by atoms with Gasteiger partial charge in [-0.25, -0.2) is 13.1 Å². The van der Waals surface area contributed by atoms with Crippen molar-refractivity contribution >= 4 is 15.9 Å². The Labute approximate surface area is 108 Å². The largest absolute Gasteiger partial charge is 0.416 e. The Bertz CT molecular complexity index is 570. The fourth-order valence-electron chi connectivity index (χ4n) is 1.24. The van der Waals surface area contributed by atoms with Crippen LogP contribution in [0.25, 0.3) is 0 Å². The molecule has 0 radical (unpaired) electrons. The van der Waals surface area contributed by atoms with Gasteiger partial charge in [-0.3, -0.25) is 5.41 Å². The van der Waals surface area contributed by atoms with Gasteiger partial charge in [-0.05, 0) is 18.2 Å². The molecule has 5 nitrogen and oxygen atoms in total. The minimum Gasteiger partial charge on any atom is -0.388 e. The third-order valence-electron chi connectivity index (χ3n) is 2.16. The number of nitrogens with two attached hydrogens (primary N) is 1. The van der Waals surface area contributed by atoms with Gasteiger partial charge in [-0.2, -0.15) is 13.2 Å². The van der Waals surface area contributed by atoms with E-state index >= 15 is 0 Å². The van der Waals surface area contributed by atoms with Crippen LogP contribution in [0.4, 0.5) is 13.2 Å². The molecule has 0 heterocycles. The Morgan fingerprint density at radius 3 is 2.53 bits per heavy atom. The Kier molecular flexibility index (Phi) is 4.53. The van der Waals surface area contributed by atoms with E-state index in [1.54, 1.807) is 0 Å². The molecule has 0 amide bonds. The van der Waals surface area contributed by atoms with Crippen molar-refractivity contribution in [2.24, 2.45) is 5.73 Å². The Morgan fingerprint density at radius 1 is 1.37 bits per heavy atom. The lowest BCUT2D eigenvalue weighted by atomic mass is 10.2. The van der Waals surface area contributed by atoms with Crippen LogP contribution >= 0.6 is 0 Å². The third kappa shape index (κ3) is 4.52. The summed E-state index contributed by atoms with van der Waals surface area (Å²) in [4.78, 5) is -0.481. The van der Waals surface area contributed by atoms with Crippen molar-refractivity contribution in [1.82, 2.24) is 4.72 Å². The van der Waals surface area contributed by atoms with Gasteiger partial charge in [0.15, 0.2) is 0 Å². The van der Waals surface area contributed by atoms with Crippen LogP contribution in [0.1, 0.15) is 12.0 Å². The van der Waals surface area contributed by atoms with Crippen LogP contribution in [0, 0.1) is 5.41 Å². The topological polar surface area (TPSA) is 96.0 Å². The van der Waals surface area contributed by atoms with Crippen molar-refractivity contribution in [3.8, 4) is 0 Å². The number of nitrogens with one attached hydrogen (secondary N) is 2. The third-order valence-corrected chi connectivity index (χ3v) is 3.62. The molecule has 19 heavy (non-hydrogen) atoms. The number of hydrogen-bond donors (Lipinski definition) is 3. The zero-order valence-corrected chi connectivity index (χ0v) is 10.5. The highest BCUT2D eigenvalue weighted by atomic mass is 32.2. The first-order valence-electron chi connectivity index (χ1n) is 5.13. The van der Waals surface area contributed by atoms with E-state index in [1.807, 2.05) is 0 Å². The number of halogens is 3. The standard InChI is InChI=1S/C10H12F3N3O2S/c11-10(12,13)7-2-1-3-8(6-7)19(17,18)16-5-4-9(14)15/h1-3,6,16H,4-5H2,(H3,14,15). The van der Waals surface area contributed by atoms with Crippen LogP contribution in [0.3, 0.4) is 0 Å². The van der Waals surface area contributed by atoms with E-state index in [0.717, 1.165) is 18.2 Å². The molecule has 0 spiro atoms. The summed E-state index contributed by atoms with van der Waals surface area (Å²) in [5, 5.41) is 6.92. The van der Waals surface area contributed by atoms with E-state index in [0.29, 0.717) is 6.07 Å². The molecule has 0 fully saturated rings. The van der Waals surface area contributed by atoms with Crippen LogP contribution in [0.5, 0.6) is 0 Å². The normalized spacial score (nSPS) is 12.4. The molecule has 0 unspecified atom stereocenters. The number of amidine groups is 1. The second-order valence-electron chi connectivity index (χ2n) is 3.70. The number of sulfonamides is 1. The molecular weight excluding hydrogens is 283 g/mol. The summed E-state index contributed by atoms with van der Waals surface area (Å²) in [6, 6.07) is 3.42. The summed E-state index contributed by atoms with van der Waals surface area (Å²) in [6.45, 7) is -0.145. The lowest BCUT2D eigenvalue weighted by Crippen LogP contribution is -2.28. The van der Waals surface area contributed by atoms with E-state index in [9.17, 15) is 21.6 Å². The van der Waals surface area contributed by atoms with Crippen molar-refractivity contribution in [2.75, 3.05) is 6.54 Å². The second-order valence-corrected chi connectivity index (χ2v) is 5.47. The van der Waals surface area contributed by atoms with E-state index < -0.39 is 26.7 Å². The maximum absolute atomic E-state index is 12.5. The molecule has 4 N–H and O–H groups in total. The summed E-state index contributed by atoms with van der Waals surface area (Å²) >= 11 is 0. The molecule has 0 saturated carbocycles. The molecule has 0 aliphatic heterocycles. The Morgan fingerprint density at radius 2 is 2.00 bits per heavy atom. The molecule has 9 heteroatoms. The number of benzene rings is 1. The molecule has 1 aromatic carbocycles. The lowest BCUT2D eigenvalue weighted by molar-refractivity contribution is -0.137. The highest BCUT2D eigenvalue weighted by Gasteiger charge is 2.31. The first kappa shape index (κ1) is 15.4. The average molecular weight is 295 g/mol. The predicted molar refractivity (Wildman–Crippen MR) is 63.2 cm³/mol. The smallest absolute Gasteiger partial charge is 0.388 e. The lowest BCUT2D eigenvalue weighted by Gasteiger charge is -2.10. The summed E-state index contributed by atoms with van der Waals surface area (Å²) in [7, 11) is -4.04. The molecular formula is C10H12F3N3O2S. The zero-order valence-electron chi connectivity index (χ0n) is 9.66. The summed E-state index contributed by atoms with van der Waals surface area (Å²) in [5.41, 5.74) is 4.00. The van der Waals surface area contributed by atoms with Crippen molar-refractivity contribution in [3.05, 3.63) is 29.8 Å². The maximum atomic E-state index is 12.5. The second kappa shape index (κ2) is 5.57. The van der Waals surface area contributed by atoms with Crippen molar-refractivity contribution in [3.63, 3.8) is 0 Å². The van der Waals surface area contributed by atoms with Crippen molar-refractivity contribution in [1.29, 1.82) is 5.41 Å². The number of hydrogen-bond acceptors (Lipinski definition) is 3. The molecule has 0 saturated heterocycles. The Balaban J connectivity index is 2.93. The van der Waals surface area contributed by atoms with E-state index in [1.165, 1.54) is 0 Å². The number of alkyl halides is 3. The molecule has 106 valence electrons. The molecule has 0 aliphatic rings. The van der Waals surface area contributed by atoms with Crippen LogP contribution < -0.4 is 10.5 Å². The molecule has 0 aliphatic carbocycles. The van der Waals surface area contributed by atoms with Crippen LogP contribution in [-0.2, 0) is 16.2 Å². The minimum absolute atomic E-state index is 0.0157. The summed E-state index contributed by atoms with van der Waals surface area (Å²) in [6.07, 6.45) is -4.62. The van der Waals surface area contributed by atoms with Gasteiger partial charge >= 0.3 is 6.18 Å². The van der Waals surface area contributed by atoms with Gasteiger partial charge in [-0.1, -0.05) is 6.07 Å². The fourth-order valence-corrected chi connectivity index (χ4v) is 2.32. The van der Waals surface area contributed by atoms with Crippen LogP contribution in [0.15, 0.2) is 29.2 Å². The molecule has 1 rings (SSSR count).